The van der Waals surface area contributed by atoms with E-state index < -0.39 is 0 Å². The summed E-state index contributed by atoms with van der Waals surface area (Å²) in [5.41, 5.74) is 2.04. The lowest BCUT2D eigenvalue weighted by molar-refractivity contribution is 0.257. The van der Waals surface area contributed by atoms with E-state index >= 15 is 0 Å². The fourth-order valence-electron chi connectivity index (χ4n) is 2.26. The van der Waals surface area contributed by atoms with Crippen molar-refractivity contribution in [3.05, 3.63) is 82.3 Å². The van der Waals surface area contributed by atoms with Crippen molar-refractivity contribution in [1.82, 2.24) is 0 Å². The van der Waals surface area contributed by atoms with E-state index in [2.05, 4.69) is 11.4 Å². The van der Waals surface area contributed by atoms with Crippen molar-refractivity contribution in [2.45, 2.75) is 0 Å². The van der Waals surface area contributed by atoms with Gasteiger partial charge >= 0.3 is 0 Å². The third kappa shape index (κ3) is 3.48. The van der Waals surface area contributed by atoms with Gasteiger partial charge in [0.2, 0.25) is 0 Å². The lowest BCUT2D eigenvalue weighted by atomic mass is 10.2. The number of allylic oxidation sites excluding steroid dienone is 2. The minimum atomic E-state index is 0.243. The van der Waals surface area contributed by atoms with Crippen LogP contribution in [0.1, 0.15) is 0 Å². The number of halogens is 2. The zero-order valence-corrected chi connectivity index (χ0v) is 14.1. The van der Waals surface area contributed by atoms with Gasteiger partial charge in [-0.3, -0.25) is 4.90 Å². The Bertz CT molecular complexity index is 838. The first-order chi connectivity index (χ1) is 11.7. The van der Waals surface area contributed by atoms with Crippen molar-refractivity contribution in [2.75, 3.05) is 16.9 Å². The summed E-state index contributed by atoms with van der Waals surface area (Å²) >= 11 is 12.0. The number of hydrogen-bond acceptors (Lipinski definition) is 4. The second-order valence-corrected chi connectivity index (χ2v) is 5.81. The summed E-state index contributed by atoms with van der Waals surface area (Å²) in [5.74, 6) is 0.485. The number of hydrogen-bond donors (Lipinski definition) is 1. The normalized spacial score (nSPS) is 14.0. The highest BCUT2D eigenvalue weighted by atomic mass is 35.5. The molecule has 1 aliphatic rings. The maximum atomic E-state index is 9.46. The molecular weight excluding hydrogens is 345 g/mol. The summed E-state index contributed by atoms with van der Waals surface area (Å²) in [6.07, 6.45) is 3.43. The van der Waals surface area contributed by atoms with Crippen LogP contribution >= 0.6 is 23.2 Å². The molecule has 0 aliphatic carbocycles. The molecule has 0 unspecified atom stereocenters. The Morgan fingerprint density at radius 1 is 1.12 bits per heavy atom. The number of nitrogens with one attached hydrogen (secondary N) is 1. The van der Waals surface area contributed by atoms with Crippen molar-refractivity contribution in [2.24, 2.45) is 0 Å². The van der Waals surface area contributed by atoms with E-state index in [1.165, 1.54) is 0 Å². The average molecular weight is 358 g/mol. The van der Waals surface area contributed by atoms with Gasteiger partial charge in [0.05, 0.1) is 10.7 Å². The van der Waals surface area contributed by atoms with Crippen molar-refractivity contribution in [1.29, 1.82) is 5.26 Å². The SMILES string of the molecule is N#CC1=C(C=CNc2ccc(Cl)cc2)OCN1c1ccccc1Cl. The van der Waals surface area contributed by atoms with Gasteiger partial charge in [-0.25, -0.2) is 0 Å². The number of benzene rings is 2. The number of rotatable bonds is 4. The molecule has 0 atom stereocenters. The molecule has 0 radical (unpaired) electrons. The molecule has 1 heterocycles. The average Bonchev–Trinajstić information content (AvgIpc) is 3.00. The van der Waals surface area contributed by atoms with Crippen molar-refractivity contribution < 1.29 is 4.74 Å². The molecule has 2 aromatic rings. The van der Waals surface area contributed by atoms with Crippen LogP contribution in [0, 0.1) is 11.3 Å². The van der Waals surface area contributed by atoms with Crippen LogP contribution in [0.2, 0.25) is 10.0 Å². The van der Waals surface area contributed by atoms with Crippen LogP contribution in [-0.2, 0) is 4.74 Å². The molecule has 120 valence electrons. The molecular formula is C18H13Cl2N3O. The van der Waals surface area contributed by atoms with Gasteiger partial charge in [0.25, 0.3) is 0 Å². The van der Waals surface area contributed by atoms with Gasteiger partial charge in [0.1, 0.15) is 6.07 Å². The molecule has 2 aromatic carbocycles. The number of nitrogens with zero attached hydrogens (tertiary/aromatic N) is 2. The first-order valence-electron chi connectivity index (χ1n) is 7.17. The lowest BCUT2D eigenvalue weighted by Gasteiger charge is -2.16. The Hall–Kier alpha value is -2.61. The van der Waals surface area contributed by atoms with Crippen molar-refractivity contribution in [3.63, 3.8) is 0 Å². The minimum absolute atomic E-state index is 0.243. The number of anilines is 2. The van der Waals surface area contributed by atoms with Gasteiger partial charge in [0.15, 0.2) is 18.2 Å². The Morgan fingerprint density at radius 2 is 1.88 bits per heavy atom. The molecule has 0 aromatic heterocycles. The number of para-hydroxylation sites is 1. The molecule has 6 heteroatoms. The van der Waals surface area contributed by atoms with Crippen LogP contribution in [0.15, 0.2) is 72.3 Å². The van der Waals surface area contributed by atoms with E-state index in [-0.39, 0.29) is 6.73 Å². The number of nitriles is 1. The largest absolute Gasteiger partial charge is 0.470 e. The summed E-state index contributed by atoms with van der Waals surface area (Å²) < 4.78 is 5.61. The molecule has 0 saturated carbocycles. The summed E-state index contributed by atoms with van der Waals surface area (Å²) in [5, 5.41) is 13.8. The molecule has 4 nitrogen and oxygen atoms in total. The predicted molar refractivity (Wildman–Crippen MR) is 96.7 cm³/mol. The van der Waals surface area contributed by atoms with Gasteiger partial charge in [-0.2, -0.15) is 5.26 Å². The van der Waals surface area contributed by atoms with Crippen LogP contribution in [0.5, 0.6) is 0 Å². The molecule has 1 N–H and O–H groups in total. The first-order valence-corrected chi connectivity index (χ1v) is 7.92. The molecule has 0 fully saturated rings. The van der Waals surface area contributed by atoms with E-state index in [0.717, 1.165) is 11.4 Å². The molecule has 24 heavy (non-hydrogen) atoms. The van der Waals surface area contributed by atoms with Gasteiger partial charge in [-0.1, -0.05) is 35.3 Å². The van der Waals surface area contributed by atoms with E-state index in [4.69, 9.17) is 27.9 Å². The van der Waals surface area contributed by atoms with Crippen LogP contribution in [0.25, 0.3) is 0 Å². The topological polar surface area (TPSA) is 48.3 Å². The first kappa shape index (κ1) is 16.3. The fraction of sp³-hybridized carbons (Fsp3) is 0.0556. The second kappa shape index (κ2) is 7.31. The third-order valence-electron chi connectivity index (χ3n) is 3.43. The standard InChI is InChI=1S/C18H13Cl2N3O/c19-13-5-7-14(8-6-13)22-10-9-18-17(11-21)23(12-24-18)16-4-2-1-3-15(16)20/h1-10,22H,12H2. The van der Waals surface area contributed by atoms with Crippen LogP contribution in [0.4, 0.5) is 11.4 Å². The Morgan fingerprint density at radius 3 is 2.58 bits per heavy atom. The molecule has 1 aliphatic heterocycles. The zero-order chi connectivity index (χ0) is 16.9. The van der Waals surface area contributed by atoms with Crippen LogP contribution < -0.4 is 10.2 Å². The third-order valence-corrected chi connectivity index (χ3v) is 4.00. The van der Waals surface area contributed by atoms with Gasteiger partial charge in [-0.05, 0) is 42.5 Å². The van der Waals surface area contributed by atoms with Crippen LogP contribution in [-0.4, -0.2) is 6.73 Å². The lowest BCUT2D eigenvalue weighted by Crippen LogP contribution is -2.18. The van der Waals surface area contributed by atoms with E-state index in [1.54, 1.807) is 35.4 Å². The van der Waals surface area contributed by atoms with Gasteiger partial charge in [-0.15, -0.1) is 0 Å². The highest BCUT2D eigenvalue weighted by molar-refractivity contribution is 6.33. The zero-order valence-electron chi connectivity index (χ0n) is 12.5. The van der Waals surface area contributed by atoms with E-state index in [1.807, 2.05) is 30.3 Å². The summed E-state index contributed by atoms with van der Waals surface area (Å²) in [6.45, 7) is 0.243. The van der Waals surface area contributed by atoms with Crippen molar-refractivity contribution in [3.8, 4) is 6.07 Å². The molecule has 0 spiro atoms. The smallest absolute Gasteiger partial charge is 0.166 e. The van der Waals surface area contributed by atoms with E-state index in [9.17, 15) is 5.26 Å². The quantitative estimate of drug-likeness (QED) is 0.821. The second-order valence-electron chi connectivity index (χ2n) is 4.96. The van der Waals surface area contributed by atoms with Crippen molar-refractivity contribution >= 4 is 34.6 Å². The maximum Gasteiger partial charge on any atom is 0.166 e. The predicted octanol–water partition coefficient (Wildman–Crippen LogP) is 5.15. The van der Waals surface area contributed by atoms with Gasteiger partial charge in [0, 0.05) is 16.9 Å². The Balaban J connectivity index is 1.78. The molecule has 0 saturated heterocycles. The highest BCUT2D eigenvalue weighted by Gasteiger charge is 2.25. The highest BCUT2D eigenvalue weighted by Crippen LogP contribution is 2.32. The summed E-state index contributed by atoms with van der Waals surface area (Å²) in [6, 6.07) is 16.8. The Labute approximate surface area is 150 Å². The van der Waals surface area contributed by atoms with Crippen LogP contribution in [0.3, 0.4) is 0 Å². The maximum absolute atomic E-state index is 9.46. The number of ether oxygens (including phenoxy) is 1. The fourth-order valence-corrected chi connectivity index (χ4v) is 2.63. The minimum Gasteiger partial charge on any atom is -0.470 e. The van der Waals surface area contributed by atoms with Gasteiger partial charge < -0.3 is 10.1 Å². The molecule has 0 amide bonds. The summed E-state index contributed by atoms with van der Waals surface area (Å²) in [7, 11) is 0. The van der Waals surface area contributed by atoms with E-state index in [0.29, 0.717) is 21.5 Å². The Kier molecular flexibility index (Phi) is 4.95. The summed E-state index contributed by atoms with van der Waals surface area (Å²) in [4.78, 5) is 1.74. The molecule has 0 bridgehead atoms. The monoisotopic (exact) mass is 357 g/mol. The molecule has 3 rings (SSSR count).